The van der Waals surface area contributed by atoms with E-state index in [1.54, 1.807) is 23.9 Å². The number of aromatic nitrogens is 3. The van der Waals surface area contributed by atoms with Gasteiger partial charge in [0.25, 0.3) is 0 Å². The molecule has 0 bridgehead atoms. The van der Waals surface area contributed by atoms with Gasteiger partial charge in [0.2, 0.25) is 0 Å². The van der Waals surface area contributed by atoms with Gasteiger partial charge < -0.3 is 9.67 Å². The summed E-state index contributed by atoms with van der Waals surface area (Å²) >= 11 is 1.60. The Bertz CT molecular complexity index is 829. The molecule has 1 N–H and O–H groups in total. The van der Waals surface area contributed by atoms with E-state index in [1.165, 1.54) is 0 Å². The van der Waals surface area contributed by atoms with Gasteiger partial charge in [0.05, 0.1) is 5.56 Å². The molecular formula is C18H17N3O2S. The zero-order chi connectivity index (χ0) is 16.9. The van der Waals surface area contributed by atoms with Gasteiger partial charge in [-0.2, -0.15) is 0 Å². The van der Waals surface area contributed by atoms with E-state index in [0.717, 1.165) is 28.7 Å². The molecule has 0 aliphatic heterocycles. The molecule has 0 atom stereocenters. The van der Waals surface area contributed by atoms with Gasteiger partial charge in [-0.25, -0.2) is 4.79 Å². The Kier molecular flexibility index (Phi) is 4.96. The molecule has 2 aromatic carbocycles. The lowest BCUT2D eigenvalue weighted by molar-refractivity contribution is 0.0697. The molecule has 0 aliphatic carbocycles. The average molecular weight is 339 g/mol. The Morgan fingerprint density at radius 3 is 2.42 bits per heavy atom. The minimum atomic E-state index is -0.910. The largest absolute Gasteiger partial charge is 0.478 e. The minimum absolute atomic E-state index is 0.298. The van der Waals surface area contributed by atoms with Crippen molar-refractivity contribution >= 4 is 17.7 Å². The lowest BCUT2D eigenvalue weighted by Crippen LogP contribution is -2.00. The van der Waals surface area contributed by atoms with Crippen molar-refractivity contribution in [2.45, 2.75) is 24.4 Å². The molecule has 3 aromatic rings. The molecule has 0 fully saturated rings. The first-order valence-corrected chi connectivity index (χ1v) is 8.61. The Morgan fingerprint density at radius 1 is 1.08 bits per heavy atom. The molecule has 0 amide bonds. The summed E-state index contributed by atoms with van der Waals surface area (Å²) in [6, 6.07) is 16.9. The van der Waals surface area contributed by atoms with Crippen LogP contribution in [-0.2, 0) is 12.3 Å². The van der Waals surface area contributed by atoms with E-state index in [2.05, 4.69) is 21.7 Å². The Balaban J connectivity index is 1.76. The quantitative estimate of drug-likeness (QED) is 0.689. The van der Waals surface area contributed by atoms with Crippen molar-refractivity contribution in [1.82, 2.24) is 14.8 Å². The molecule has 3 rings (SSSR count). The smallest absolute Gasteiger partial charge is 0.335 e. The third-order valence-electron chi connectivity index (χ3n) is 3.63. The monoisotopic (exact) mass is 339 g/mol. The van der Waals surface area contributed by atoms with Gasteiger partial charge in [0.15, 0.2) is 11.0 Å². The minimum Gasteiger partial charge on any atom is -0.478 e. The van der Waals surface area contributed by atoms with Crippen molar-refractivity contribution in [2.24, 2.45) is 0 Å². The molecule has 1 heterocycles. The maximum atomic E-state index is 10.9. The summed E-state index contributed by atoms with van der Waals surface area (Å²) in [5.74, 6) is 0.668. The van der Waals surface area contributed by atoms with Crippen LogP contribution in [0, 0.1) is 0 Å². The molecule has 1 aromatic heterocycles. The second-order valence-electron chi connectivity index (χ2n) is 5.21. The van der Waals surface area contributed by atoms with E-state index in [0.29, 0.717) is 11.3 Å². The highest BCUT2D eigenvalue weighted by molar-refractivity contribution is 7.98. The van der Waals surface area contributed by atoms with Crippen LogP contribution in [0.25, 0.3) is 11.4 Å². The van der Waals surface area contributed by atoms with Crippen molar-refractivity contribution < 1.29 is 9.90 Å². The third kappa shape index (κ3) is 3.49. The second kappa shape index (κ2) is 7.31. The van der Waals surface area contributed by atoms with Crippen LogP contribution < -0.4 is 0 Å². The fraction of sp³-hybridized carbons (Fsp3) is 0.167. The standard InChI is InChI=1S/C18H17N3O2S/c1-2-21-16(14-6-4-3-5-7-14)19-20-18(21)24-12-13-8-10-15(11-9-13)17(22)23/h3-11H,2,12H2,1H3,(H,22,23). The molecule has 0 unspecified atom stereocenters. The van der Waals surface area contributed by atoms with Crippen LogP contribution in [0.3, 0.4) is 0 Å². The summed E-state index contributed by atoms with van der Waals surface area (Å²) < 4.78 is 2.09. The number of rotatable bonds is 6. The van der Waals surface area contributed by atoms with Crippen LogP contribution in [0.2, 0.25) is 0 Å². The third-order valence-corrected chi connectivity index (χ3v) is 4.67. The van der Waals surface area contributed by atoms with E-state index < -0.39 is 5.97 Å². The van der Waals surface area contributed by atoms with E-state index in [9.17, 15) is 4.79 Å². The van der Waals surface area contributed by atoms with Gasteiger partial charge in [-0.3, -0.25) is 0 Å². The number of aromatic carboxylic acids is 1. The predicted molar refractivity (Wildman–Crippen MR) is 94.1 cm³/mol. The number of hydrogen-bond acceptors (Lipinski definition) is 4. The maximum Gasteiger partial charge on any atom is 0.335 e. The lowest BCUT2D eigenvalue weighted by Gasteiger charge is -2.07. The van der Waals surface area contributed by atoms with E-state index in [-0.39, 0.29) is 0 Å². The Labute approximate surface area is 144 Å². The van der Waals surface area contributed by atoms with Crippen molar-refractivity contribution in [3.05, 3.63) is 65.7 Å². The van der Waals surface area contributed by atoms with Gasteiger partial charge in [-0.15, -0.1) is 10.2 Å². The van der Waals surface area contributed by atoms with Crippen LogP contribution in [0.15, 0.2) is 59.8 Å². The first kappa shape index (κ1) is 16.3. The molecule has 0 spiro atoms. The molecule has 0 radical (unpaired) electrons. The lowest BCUT2D eigenvalue weighted by atomic mass is 10.1. The highest BCUT2D eigenvalue weighted by Crippen LogP contribution is 2.26. The number of nitrogens with zero attached hydrogens (tertiary/aromatic N) is 3. The summed E-state index contributed by atoms with van der Waals surface area (Å²) in [7, 11) is 0. The summed E-state index contributed by atoms with van der Waals surface area (Å²) in [5.41, 5.74) is 2.40. The molecule has 24 heavy (non-hydrogen) atoms. The number of carbonyl (C=O) groups is 1. The Hall–Kier alpha value is -2.60. The van der Waals surface area contributed by atoms with Gasteiger partial charge in [-0.1, -0.05) is 54.2 Å². The Morgan fingerprint density at radius 2 is 1.79 bits per heavy atom. The number of carboxylic acid groups (broad SMARTS) is 1. The topological polar surface area (TPSA) is 68.0 Å². The highest BCUT2D eigenvalue weighted by Gasteiger charge is 2.13. The van der Waals surface area contributed by atoms with E-state index in [1.807, 2.05) is 42.5 Å². The second-order valence-corrected chi connectivity index (χ2v) is 6.15. The average Bonchev–Trinajstić information content (AvgIpc) is 3.04. The number of benzene rings is 2. The molecule has 0 saturated carbocycles. The van der Waals surface area contributed by atoms with Crippen molar-refractivity contribution in [2.75, 3.05) is 0 Å². The molecule has 5 nitrogen and oxygen atoms in total. The van der Waals surface area contributed by atoms with E-state index >= 15 is 0 Å². The van der Waals surface area contributed by atoms with Gasteiger partial charge in [-0.05, 0) is 24.6 Å². The summed E-state index contributed by atoms with van der Waals surface area (Å²) in [6.45, 7) is 2.86. The highest BCUT2D eigenvalue weighted by atomic mass is 32.2. The maximum absolute atomic E-state index is 10.9. The summed E-state index contributed by atoms with van der Waals surface area (Å²) in [5, 5.41) is 18.4. The van der Waals surface area contributed by atoms with E-state index in [4.69, 9.17) is 5.11 Å². The van der Waals surface area contributed by atoms with Crippen molar-refractivity contribution in [3.8, 4) is 11.4 Å². The molecule has 122 valence electrons. The van der Waals surface area contributed by atoms with Crippen LogP contribution in [0.4, 0.5) is 0 Å². The van der Waals surface area contributed by atoms with Crippen LogP contribution >= 0.6 is 11.8 Å². The normalized spacial score (nSPS) is 10.7. The van der Waals surface area contributed by atoms with Crippen LogP contribution in [0.5, 0.6) is 0 Å². The first-order valence-electron chi connectivity index (χ1n) is 7.62. The van der Waals surface area contributed by atoms with Crippen molar-refractivity contribution in [1.29, 1.82) is 0 Å². The zero-order valence-electron chi connectivity index (χ0n) is 13.2. The molecular weight excluding hydrogens is 322 g/mol. The first-order chi connectivity index (χ1) is 11.7. The molecule has 0 saturated heterocycles. The number of carboxylic acids is 1. The van der Waals surface area contributed by atoms with Crippen molar-refractivity contribution in [3.63, 3.8) is 0 Å². The molecule has 0 aliphatic rings. The summed E-state index contributed by atoms with van der Waals surface area (Å²) in [4.78, 5) is 10.9. The van der Waals surface area contributed by atoms with Gasteiger partial charge in [0.1, 0.15) is 0 Å². The molecule has 6 heteroatoms. The zero-order valence-corrected chi connectivity index (χ0v) is 14.0. The fourth-order valence-electron chi connectivity index (χ4n) is 2.37. The number of hydrogen-bond donors (Lipinski definition) is 1. The predicted octanol–water partition coefficient (Wildman–Crippen LogP) is 3.96. The van der Waals surface area contributed by atoms with Gasteiger partial charge >= 0.3 is 5.97 Å². The SMILES string of the molecule is CCn1c(SCc2ccc(C(=O)O)cc2)nnc1-c1ccccc1. The van der Waals surface area contributed by atoms with Gasteiger partial charge in [0, 0.05) is 17.9 Å². The number of thioether (sulfide) groups is 1. The summed E-state index contributed by atoms with van der Waals surface area (Å²) in [6.07, 6.45) is 0. The van der Waals surface area contributed by atoms with Crippen LogP contribution in [-0.4, -0.2) is 25.8 Å². The van der Waals surface area contributed by atoms with Crippen LogP contribution in [0.1, 0.15) is 22.8 Å². The fourth-order valence-corrected chi connectivity index (χ4v) is 3.33.